The summed E-state index contributed by atoms with van der Waals surface area (Å²) >= 11 is 5.37. The lowest BCUT2D eigenvalue weighted by atomic mass is 10.2. The fourth-order valence-electron chi connectivity index (χ4n) is 1.61. The average Bonchev–Trinajstić information content (AvgIpc) is 2.29. The molecule has 1 heterocycles. The predicted octanol–water partition coefficient (Wildman–Crippen LogP) is 2.48. The van der Waals surface area contributed by atoms with Gasteiger partial charge in [0.15, 0.2) is 11.6 Å². The first kappa shape index (κ1) is 15.2. The van der Waals surface area contributed by atoms with Crippen LogP contribution in [0.3, 0.4) is 0 Å². The van der Waals surface area contributed by atoms with Crippen LogP contribution in [-0.2, 0) is 6.18 Å². The molecule has 0 aliphatic heterocycles. The second kappa shape index (κ2) is 4.99. The van der Waals surface area contributed by atoms with Crippen LogP contribution < -0.4 is 11.2 Å². The molecule has 0 unspecified atom stereocenters. The van der Waals surface area contributed by atoms with Crippen LogP contribution in [0.25, 0.3) is 5.69 Å². The highest BCUT2D eigenvalue weighted by Crippen LogP contribution is 2.26. The summed E-state index contributed by atoms with van der Waals surface area (Å²) < 4.78 is 64.4. The van der Waals surface area contributed by atoms with Gasteiger partial charge in [0.2, 0.25) is 0 Å². The number of nitrogens with one attached hydrogen (secondary N) is 1. The Morgan fingerprint density at radius 1 is 1.05 bits per heavy atom. The molecule has 21 heavy (non-hydrogen) atoms. The number of H-pyrrole nitrogens is 1. The van der Waals surface area contributed by atoms with Crippen molar-refractivity contribution in [3.05, 3.63) is 61.4 Å². The number of aromatic amines is 1. The number of aromatic nitrogens is 2. The van der Waals surface area contributed by atoms with Gasteiger partial charge in [-0.1, -0.05) is 11.6 Å². The minimum absolute atomic E-state index is 0.0227. The zero-order chi connectivity index (χ0) is 15.9. The van der Waals surface area contributed by atoms with Crippen molar-refractivity contribution in [2.24, 2.45) is 0 Å². The van der Waals surface area contributed by atoms with Gasteiger partial charge in [-0.3, -0.25) is 4.79 Å². The van der Waals surface area contributed by atoms with Crippen molar-refractivity contribution >= 4 is 11.6 Å². The number of hydrogen-bond acceptors (Lipinski definition) is 2. The van der Waals surface area contributed by atoms with Gasteiger partial charge in [-0.15, -0.1) is 0 Å². The second-order valence-electron chi connectivity index (χ2n) is 3.88. The Hall–Kier alpha value is -2.16. The van der Waals surface area contributed by atoms with Crippen LogP contribution in [0.15, 0.2) is 27.8 Å². The van der Waals surface area contributed by atoms with Crippen molar-refractivity contribution in [1.82, 2.24) is 9.55 Å². The number of rotatable bonds is 1. The molecule has 0 aliphatic carbocycles. The van der Waals surface area contributed by atoms with E-state index < -0.39 is 40.4 Å². The molecule has 0 atom stereocenters. The Morgan fingerprint density at radius 2 is 1.57 bits per heavy atom. The molecule has 0 saturated carbocycles. The molecule has 2 aromatic rings. The number of alkyl halides is 3. The van der Waals surface area contributed by atoms with Crippen molar-refractivity contribution < 1.29 is 22.0 Å². The molecule has 1 N–H and O–H groups in total. The van der Waals surface area contributed by atoms with Gasteiger partial charge in [0.1, 0.15) is 11.4 Å². The normalized spacial score (nSPS) is 11.7. The van der Waals surface area contributed by atoms with E-state index in [-0.39, 0.29) is 15.7 Å². The van der Waals surface area contributed by atoms with Gasteiger partial charge in [-0.2, -0.15) is 13.2 Å². The summed E-state index contributed by atoms with van der Waals surface area (Å²) in [6.07, 6.45) is -4.98. The first-order chi connectivity index (χ1) is 9.61. The Morgan fingerprint density at radius 3 is 2.00 bits per heavy atom. The molecule has 112 valence electrons. The van der Waals surface area contributed by atoms with Crippen LogP contribution >= 0.6 is 11.6 Å². The molecule has 0 aliphatic rings. The largest absolute Gasteiger partial charge is 0.431 e. The van der Waals surface area contributed by atoms with Crippen LogP contribution in [0.2, 0.25) is 5.02 Å². The highest BCUT2D eigenvalue weighted by atomic mass is 35.5. The lowest BCUT2D eigenvalue weighted by Crippen LogP contribution is -2.36. The highest BCUT2D eigenvalue weighted by Gasteiger charge is 2.33. The number of hydrogen-bond donors (Lipinski definition) is 1. The lowest BCUT2D eigenvalue weighted by molar-refractivity contribution is -0.141. The van der Waals surface area contributed by atoms with Gasteiger partial charge in [0, 0.05) is 11.1 Å². The molecule has 4 nitrogen and oxygen atoms in total. The van der Waals surface area contributed by atoms with E-state index in [0.717, 1.165) is 0 Å². The third-order valence-electron chi connectivity index (χ3n) is 2.44. The summed E-state index contributed by atoms with van der Waals surface area (Å²) in [5, 5.41) is -0.342. The Balaban J connectivity index is 2.79. The Kier molecular flexibility index (Phi) is 3.62. The van der Waals surface area contributed by atoms with E-state index in [4.69, 9.17) is 11.6 Å². The van der Waals surface area contributed by atoms with Crippen molar-refractivity contribution in [2.75, 3.05) is 0 Å². The molecular formula is C11H4ClF5N2O2. The van der Waals surface area contributed by atoms with Crippen molar-refractivity contribution in [2.45, 2.75) is 6.18 Å². The van der Waals surface area contributed by atoms with E-state index in [9.17, 15) is 31.5 Å². The van der Waals surface area contributed by atoms with Crippen LogP contribution in [0, 0.1) is 11.6 Å². The topological polar surface area (TPSA) is 54.9 Å². The number of nitrogens with zero attached hydrogens (tertiary/aromatic N) is 1. The monoisotopic (exact) mass is 326 g/mol. The molecule has 0 saturated heterocycles. The zero-order valence-corrected chi connectivity index (χ0v) is 10.5. The third-order valence-corrected chi connectivity index (χ3v) is 2.66. The van der Waals surface area contributed by atoms with E-state index in [1.165, 1.54) is 4.98 Å². The maximum atomic E-state index is 13.6. The Bertz CT molecular complexity index is 770. The molecule has 1 aromatic heterocycles. The zero-order valence-electron chi connectivity index (χ0n) is 9.76. The second-order valence-corrected chi connectivity index (χ2v) is 4.31. The highest BCUT2D eigenvalue weighted by molar-refractivity contribution is 6.30. The fraction of sp³-hybridized carbons (Fsp3) is 0.0909. The Labute approximate surface area is 117 Å². The van der Waals surface area contributed by atoms with Gasteiger partial charge in [-0.25, -0.2) is 18.1 Å². The molecular weight excluding hydrogens is 323 g/mol. The summed E-state index contributed by atoms with van der Waals surface area (Å²) in [7, 11) is 0. The molecule has 0 radical (unpaired) electrons. The molecule has 1 aromatic carbocycles. The summed E-state index contributed by atoms with van der Waals surface area (Å²) in [6.45, 7) is 0. The van der Waals surface area contributed by atoms with E-state index in [1.807, 2.05) is 0 Å². The summed E-state index contributed by atoms with van der Waals surface area (Å²) in [5.41, 5.74) is -5.90. The summed E-state index contributed by atoms with van der Waals surface area (Å²) in [5.74, 6) is -2.74. The minimum Gasteiger partial charge on any atom is -0.303 e. The quantitative estimate of drug-likeness (QED) is 0.819. The SMILES string of the molecule is O=c1cc(C(F)(F)F)[nH]c(=O)n1-c1c(F)cc(Cl)cc1F. The van der Waals surface area contributed by atoms with Crippen molar-refractivity contribution in [1.29, 1.82) is 0 Å². The molecule has 0 amide bonds. The van der Waals surface area contributed by atoms with E-state index in [2.05, 4.69) is 0 Å². The van der Waals surface area contributed by atoms with Gasteiger partial charge in [-0.05, 0) is 12.1 Å². The number of halogens is 6. The standard InChI is InChI=1S/C11H4ClF5N2O2/c12-4-1-5(13)9(6(14)2-4)19-8(20)3-7(11(15,16)17)18-10(19)21/h1-3H,(H,18,21). The number of benzene rings is 1. The maximum absolute atomic E-state index is 13.6. The molecule has 0 spiro atoms. The first-order valence-electron chi connectivity index (χ1n) is 5.20. The molecule has 2 rings (SSSR count). The third kappa shape index (κ3) is 2.82. The fourth-order valence-corrected chi connectivity index (χ4v) is 1.80. The van der Waals surface area contributed by atoms with Crippen LogP contribution in [0.4, 0.5) is 22.0 Å². The van der Waals surface area contributed by atoms with E-state index >= 15 is 0 Å². The van der Waals surface area contributed by atoms with Gasteiger partial charge >= 0.3 is 11.9 Å². The van der Waals surface area contributed by atoms with Gasteiger partial charge in [0.25, 0.3) is 5.56 Å². The summed E-state index contributed by atoms with van der Waals surface area (Å²) in [4.78, 5) is 24.5. The van der Waals surface area contributed by atoms with Crippen molar-refractivity contribution in [3.8, 4) is 5.69 Å². The molecule has 0 bridgehead atoms. The maximum Gasteiger partial charge on any atom is 0.431 e. The van der Waals surface area contributed by atoms with Gasteiger partial charge in [0.05, 0.1) is 0 Å². The van der Waals surface area contributed by atoms with Crippen molar-refractivity contribution in [3.63, 3.8) is 0 Å². The minimum atomic E-state index is -4.98. The summed E-state index contributed by atoms with van der Waals surface area (Å²) in [6, 6.07) is 1.25. The molecule has 10 heteroatoms. The predicted molar refractivity (Wildman–Crippen MR) is 62.6 cm³/mol. The molecule has 0 fully saturated rings. The average molecular weight is 327 g/mol. The van der Waals surface area contributed by atoms with Crippen LogP contribution in [-0.4, -0.2) is 9.55 Å². The lowest BCUT2D eigenvalue weighted by Gasteiger charge is -2.10. The van der Waals surface area contributed by atoms with Gasteiger partial charge < -0.3 is 4.98 Å². The van der Waals surface area contributed by atoms with E-state index in [1.54, 1.807) is 0 Å². The van der Waals surface area contributed by atoms with E-state index in [0.29, 0.717) is 12.1 Å². The first-order valence-corrected chi connectivity index (χ1v) is 5.57. The smallest absolute Gasteiger partial charge is 0.303 e. The van der Waals surface area contributed by atoms with Crippen LogP contribution in [0.5, 0.6) is 0 Å². The van der Waals surface area contributed by atoms with Crippen LogP contribution in [0.1, 0.15) is 5.69 Å².